The van der Waals surface area contributed by atoms with E-state index in [9.17, 15) is 14.7 Å². The Hall–Kier alpha value is -3.74. The molecule has 3 aromatic rings. The van der Waals surface area contributed by atoms with Gasteiger partial charge in [-0.25, -0.2) is 0 Å². The van der Waals surface area contributed by atoms with Crippen LogP contribution in [0.25, 0.3) is 10.9 Å². The smallest absolute Gasteiger partial charge is 0.290 e. The summed E-state index contributed by atoms with van der Waals surface area (Å²) in [6, 6.07) is 12.5. The number of aliphatic hydroxyl groups excluding tert-OH is 1. The van der Waals surface area contributed by atoms with Gasteiger partial charge in [0.1, 0.15) is 0 Å². The van der Waals surface area contributed by atoms with Gasteiger partial charge in [0.05, 0.1) is 25.8 Å². The van der Waals surface area contributed by atoms with Gasteiger partial charge in [-0.05, 0) is 42.7 Å². The van der Waals surface area contributed by atoms with E-state index in [4.69, 9.17) is 9.47 Å². The van der Waals surface area contributed by atoms with Crippen molar-refractivity contribution in [3.8, 4) is 11.5 Å². The SMILES string of the molecule is COc1ccc(C2C(C(C)=O)=C(O)C(=O)N2CCc2c[nH]c3ccccc23)cc1OC. The molecule has 4 rings (SSSR count). The molecule has 1 aliphatic rings. The zero-order valence-electron chi connectivity index (χ0n) is 17.6. The number of nitrogens with zero attached hydrogens (tertiary/aromatic N) is 1. The average Bonchev–Trinajstić information content (AvgIpc) is 3.30. The molecule has 1 amide bonds. The summed E-state index contributed by atoms with van der Waals surface area (Å²) in [7, 11) is 3.06. The van der Waals surface area contributed by atoms with Gasteiger partial charge in [0.2, 0.25) is 0 Å². The van der Waals surface area contributed by atoms with Crippen molar-refractivity contribution in [2.45, 2.75) is 19.4 Å². The van der Waals surface area contributed by atoms with Crippen LogP contribution in [-0.2, 0) is 16.0 Å². The van der Waals surface area contributed by atoms with E-state index in [1.54, 1.807) is 18.2 Å². The number of benzene rings is 2. The van der Waals surface area contributed by atoms with Crippen LogP contribution in [0.4, 0.5) is 0 Å². The highest BCUT2D eigenvalue weighted by molar-refractivity contribution is 6.08. The Morgan fingerprint density at radius 3 is 2.58 bits per heavy atom. The standard InChI is InChI=1S/C24H24N2O5/c1-14(27)21-22(15-8-9-19(30-2)20(12-15)31-3)26(24(29)23(21)28)11-10-16-13-25-18-7-5-4-6-17(16)18/h4-9,12-13,22,25,28H,10-11H2,1-3H3. The maximum atomic E-state index is 12.9. The number of aromatic amines is 1. The number of hydrogen-bond acceptors (Lipinski definition) is 5. The number of aromatic nitrogens is 1. The lowest BCUT2D eigenvalue weighted by atomic mass is 9.96. The topological polar surface area (TPSA) is 91.9 Å². The zero-order valence-corrected chi connectivity index (χ0v) is 17.6. The normalized spacial score (nSPS) is 16.3. The van der Waals surface area contributed by atoms with Crippen LogP contribution in [0.2, 0.25) is 0 Å². The number of carbonyl (C=O) groups excluding carboxylic acids is 2. The molecule has 0 bridgehead atoms. The largest absolute Gasteiger partial charge is 0.503 e. The Kier molecular flexibility index (Phi) is 5.42. The zero-order chi connectivity index (χ0) is 22.1. The molecule has 1 aliphatic heterocycles. The number of rotatable bonds is 7. The van der Waals surface area contributed by atoms with E-state index >= 15 is 0 Å². The second-order valence-corrected chi connectivity index (χ2v) is 7.44. The van der Waals surface area contributed by atoms with E-state index in [2.05, 4.69) is 4.98 Å². The highest BCUT2D eigenvalue weighted by Gasteiger charge is 2.42. The maximum absolute atomic E-state index is 12.9. The first-order valence-electron chi connectivity index (χ1n) is 9.98. The number of amides is 1. The molecule has 0 aliphatic carbocycles. The third-order valence-corrected chi connectivity index (χ3v) is 5.70. The Bertz CT molecular complexity index is 1190. The van der Waals surface area contributed by atoms with Gasteiger partial charge < -0.3 is 24.5 Å². The number of nitrogens with one attached hydrogen (secondary N) is 1. The maximum Gasteiger partial charge on any atom is 0.290 e. The van der Waals surface area contributed by atoms with Gasteiger partial charge in [-0.2, -0.15) is 0 Å². The van der Waals surface area contributed by atoms with E-state index in [-0.39, 0.29) is 11.4 Å². The number of H-pyrrole nitrogens is 1. The summed E-state index contributed by atoms with van der Waals surface area (Å²) in [5.74, 6) is -0.368. The molecule has 160 valence electrons. The number of Topliss-reactive ketones (excluding diaryl/α,β-unsaturated/α-hetero) is 1. The molecule has 0 radical (unpaired) electrons. The Morgan fingerprint density at radius 2 is 1.87 bits per heavy atom. The van der Waals surface area contributed by atoms with E-state index in [0.717, 1.165) is 16.5 Å². The number of fused-ring (bicyclic) bond motifs is 1. The van der Waals surface area contributed by atoms with Crippen LogP contribution in [0.3, 0.4) is 0 Å². The minimum atomic E-state index is -0.699. The number of aliphatic hydroxyl groups is 1. The lowest BCUT2D eigenvalue weighted by molar-refractivity contribution is -0.129. The fourth-order valence-electron chi connectivity index (χ4n) is 4.19. The first kappa shape index (κ1) is 20.5. The first-order chi connectivity index (χ1) is 15.0. The van der Waals surface area contributed by atoms with Gasteiger partial charge in [0.25, 0.3) is 5.91 Å². The van der Waals surface area contributed by atoms with Crippen molar-refractivity contribution >= 4 is 22.6 Å². The van der Waals surface area contributed by atoms with Gasteiger partial charge >= 0.3 is 0 Å². The van der Waals surface area contributed by atoms with Crippen LogP contribution < -0.4 is 9.47 Å². The predicted molar refractivity (Wildman–Crippen MR) is 116 cm³/mol. The summed E-state index contributed by atoms with van der Waals surface area (Å²) in [5.41, 5.74) is 2.84. The second kappa shape index (κ2) is 8.18. The van der Waals surface area contributed by atoms with Crippen LogP contribution in [0.1, 0.15) is 24.1 Å². The average molecular weight is 420 g/mol. The lowest BCUT2D eigenvalue weighted by Crippen LogP contribution is -2.32. The molecule has 7 nitrogen and oxygen atoms in total. The van der Waals surface area contributed by atoms with Gasteiger partial charge in [-0.3, -0.25) is 9.59 Å². The fourth-order valence-corrected chi connectivity index (χ4v) is 4.19. The number of ketones is 1. The van der Waals surface area contributed by atoms with Gasteiger partial charge in [-0.15, -0.1) is 0 Å². The molecular formula is C24H24N2O5. The molecule has 31 heavy (non-hydrogen) atoms. The summed E-state index contributed by atoms with van der Waals surface area (Å²) >= 11 is 0. The minimum Gasteiger partial charge on any atom is -0.503 e. The molecule has 0 fully saturated rings. The summed E-state index contributed by atoms with van der Waals surface area (Å²) in [6.07, 6.45) is 2.49. The molecule has 2 aromatic carbocycles. The lowest BCUT2D eigenvalue weighted by Gasteiger charge is -2.27. The molecule has 0 saturated heterocycles. The summed E-state index contributed by atoms with van der Waals surface area (Å²) in [4.78, 5) is 30.0. The van der Waals surface area contributed by atoms with Crippen LogP contribution in [0.15, 0.2) is 60.0 Å². The van der Waals surface area contributed by atoms with Crippen molar-refractivity contribution in [2.24, 2.45) is 0 Å². The number of para-hydroxylation sites is 1. The van der Waals surface area contributed by atoms with E-state index in [1.165, 1.54) is 26.0 Å². The van der Waals surface area contributed by atoms with E-state index in [0.29, 0.717) is 30.0 Å². The summed E-state index contributed by atoms with van der Waals surface area (Å²) in [6.45, 7) is 1.69. The highest BCUT2D eigenvalue weighted by Crippen LogP contribution is 2.40. The van der Waals surface area contributed by atoms with Crippen molar-refractivity contribution in [1.82, 2.24) is 9.88 Å². The van der Waals surface area contributed by atoms with E-state index in [1.807, 2.05) is 30.5 Å². The molecule has 7 heteroatoms. The Balaban J connectivity index is 1.70. The van der Waals surface area contributed by atoms with Gasteiger partial charge in [0, 0.05) is 23.6 Å². The molecule has 1 unspecified atom stereocenters. The summed E-state index contributed by atoms with van der Waals surface area (Å²) < 4.78 is 10.7. The molecular weight excluding hydrogens is 396 g/mol. The minimum absolute atomic E-state index is 0.0937. The fraction of sp³-hybridized carbons (Fsp3) is 0.250. The van der Waals surface area contributed by atoms with Crippen molar-refractivity contribution in [2.75, 3.05) is 20.8 Å². The van der Waals surface area contributed by atoms with Crippen molar-refractivity contribution < 1.29 is 24.2 Å². The van der Waals surface area contributed by atoms with Crippen LogP contribution >= 0.6 is 0 Å². The number of carbonyl (C=O) groups is 2. The number of hydrogen-bond donors (Lipinski definition) is 2. The van der Waals surface area contributed by atoms with Crippen molar-refractivity contribution in [1.29, 1.82) is 0 Å². The van der Waals surface area contributed by atoms with E-state index < -0.39 is 17.7 Å². The molecule has 1 aromatic heterocycles. The molecule has 1 atom stereocenters. The van der Waals surface area contributed by atoms with Crippen LogP contribution in [0, 0.1) is 0 Å². The monoisotopic (exact) mass is 420 g/mol. The van der Waals surface area contributed by atoms with Gasteiger partial charge in [-0.1, -0.05) is 24.3 Å². The van der Waals surface area contributed by atoms with Crippen LogP contribution in [-0.4, -0.2) is 47.4 Å². The third kappa shape index (κ3) is 3.52. The molecule has 2 N–H and O–H groups in total. The molecule has 0 spiro atoms. The Morgan fingerprint density at radius 1 is 1.13 bits per heavy atom. The number of ether oxygens (including phenoxy) is 2. The summed E-state index contributed by atoms with van der Waals surface area (Å²) in [5, 5.41) is 11.6. The van der Waals surface area contributed by atoms with Gasteiger partial charge in [0.15, 0.2) is 23.0 Å². The van der Waals surface area contributed by atoms with Crippen molar-refractivity contribution in [3.05, 3.63) is 71.1 Å². The predicted octanol–water partition coefficient (Wildman–Crippen LogP) is 3.71. The van der Waals surface area contributed by atoms with Crippen molar-refractivity contribution in [3.63, 3.8) is 0 Å². The Labute approximate surface area is 179 Å². The second-order valence-electron chi connectivity index (χ2n) is 7.44. The van der Waals surface area contributed by atoms with Crippen LogP contribution in [0.5, 0.6) is 11.5 Å². The molecule has 0 saturated carbocycles. The number of methoxy groups -OCH3 is 2. The third-order valence-electron chi connectivity index (χ3n) is 5.70. The molecule has 2 heterocycles. The quantitative estimate of drug-likeness (QED) is 0.608. The first-order valence-corrected chi connectivity index (χ1v) is 9.98. The highest BCUT2D eigenvalue weighted by atomic mass is 16.5.